The Morgan fingerprint density at radius 1 is 0.769 bits per heavy atom. The molecule has 0 N–H and O–H groups in total. The van der Waals surface area contributed by atoms with Gasteiger partial charge in [-0.2, -0.15) is 0 Å². The Morgan fingerprint density at radius 3 is 1.12 bits per heavy atom. The molecule has 0 rings (SSSR count). The molecule has 0 saturated heterocycles. The second-order valence-electron chi connectivity index (χ2n) is 8.11. The third-order valence-electron chi connectivity index (χ3n) is 2.30. The van der Waals surface area contributed by atoms with Crippen LogP contribution in [0.2, 0.25) is 0 Å². The molecule has 0 atom stereocenters. The summed E-state index contributed by atoms with van der Waals surface area (Å²) in [4.78, 5) is 41.6. The number of rotatable bonds is 7. The number of aliphatic carboxylic acids is 2. The zero-order chi connectivity index (χ0) is 21.6. The van der Waals surface area contributed by atoms with E-state index >= 15 is 0 Å². The minimum atomic E-state index is -1.29. The van der Waals surface area contributed by atoms with Gasteiger partial charge in [0.15, 0.2) is 0 Å². The van der Waals surface area contributed by atoms with Crippen LogP contribution in [0.5, 0.6) is 0 Å². The van der Waals surface area contributed by atoms with Crippen LogP contribution >= 0.6 is 0 Å². The number of hydrogen-bond acceptors (Lipinski definition) is 7. The molecule has 0 unspecified atom stereocenters. The average Bonchev–Trinajstić information content (AvgIpc) is 2.32. The second kappa shape index (κ2) is 14.9. The van der Waals surface area contributed by atoms with Gasteiger partial charge in [-0.1, -0.05) is 41.5 Å². The summed E-state index contributed by atoms with van der Waals surface area (Å²) in [5.74, 6) is -3.12. The van der Waals surface area contributed by atoms with Crippen molar-refractivity contribution < 1.29 is 33.2 Å². The van der Waals surface area contributed by atoms with Crippen LogP contribution in [-0.2, 0) is 23.0 Å². The van der Waals surface area contributed by atoms with Gasteiger partial charge in [-0.25, -0.2) is 0 Å². The SMILES string of the molecule is CC(C)(C)CC(=O)CC(=O)[O-].CC(C)(C)CC(=O)CC(=O)[O-].CC[O][Al+2]. The average molecular weight is 386 g/mol. The third kappa shape index (κ3) is 34.2. The summed E-state index contributed by atoms with van der Waals surface area (Å²) < 4.78 is 4.46. The third-order valence-corrected chi connectivity index (χ3v) is 2.64. The van der Waals surface area contributed by atoms with Gasteiger partial charge < -0.3 is 19.8 Å². The fourth-order valence-electron chi connectivity index (χ4n) is 1.63. The number of carboxylic acids is 2. The molecule has 0 spiro atoms. The standard InChI is InChI=1S/2C8H14O3.C2H5O.Al/c2*1-8(2,3)5-6(9)4-7(10)11;1-2-3;/h2*4-5H2,1-3H3,(H,10,11);2H2,1H3;/q;;-1;+3/p-2. The maximum absolute atomic E-state index is 10.8. The fraction of sp³-hybridized carbons (Fsp3) is 0.778. The van der Waals surface area contributed by atoms with E-state index in [9.17, 15) is 29.4 Å². The molecule has 0 bridgehead atoms. The zero-order valence-corrected chi connectivity index (χ0v) is 18.1. The number of hydrogen-bond donors (Lipinski definition) is 0. The van der Waals surface area contributed by atoms with Gasteiger partial charge >= 0.3 is 33.9 Å². The maximum atomic E-state index is 10.8. The summed E-state index contributed by atoms with van der Waals surface area (Å²) in [7, 11) is 0. The van der Waals surface area contributed by atoms with E-state index in [2.05, 4.69) is 20.4 Å². The van der Waals surface area contributed by atoms with E-state index in [-0.39, 0.29) is 22.4 Å². The van der Waals surface area contributed by atoms with Crippen molar-refractivity contribution in [3.8, 4) is 0 Å². The molecular weight excluding hydrogens is 355 g/mol. The zero-order valence-electron chi connectivity index (χ0n) is 17.0. The van der Waals surface area contributed by atoms with Crippen LogP contribution in [0.4, 0.5) is 0 Å². The molecule has 0 fully saturated rings. The summed E-state index contributed by atoms with van der Waals surface area (Å²) in [5.41, 5.74) is -0.265. The van der Waals surface area contributed by atoms with Crippen LogP contribution in [0.25, 0.3) is 0 Å². The molecule has 148 valence electrons. The first-order valence-corrected chi connectivity index (χ1v) is 8.76. The van der Waals surface area contributed by atoms with Gasteiger partial charge in [0.1, 0.15) is 11.6 Å². The minimum absolute atomic E-state index is 0.132. The van der Waals surface area contributed by atoms with Crippen molar-refractivity contribution in [3.63, 3.8) is 0 Å². The molecular formula is C18H31AlO7. The van der Waals surface area contributed by atoms with Gasteiger partial charge in [0.05, 0.1) is 0 Å². The van der Waals surface area contributed by atoms with Crippen LogP contribution in [0.15, 0.2) is 0 Å². The fourth-order valence-corrected chi connectivity index (χ4v) is 1.63. The first-order chi connectivity index (χ1) is 11.5. The Kier molecular flexibility index (Phi) is 16.9. The number of Topliss-reactive ketones (excluding diaryl/α,β-unsaturated/α-hetero) is 2. The first kappa shape index (κ1) is 29.5. The molecule has 0 aromatic carbocycles. The van der Waals surface area contributed by atoms with E-state index in [0.717, 1.165) is 6.61 Å². The Bertz CT molecular complexity index is 403. The Labute approximate surface area is 165 Å². The number of ketones is 2. The van der Waals surface area contributed by atoms with Gasteiger partial charge in [-0.05, 0) is 10.8 Å². The van der Waals surface area contributed by atoms with Crippen molar-refractivity contribution in [2.45, 2.75) is 74.1 Å². The molecule has 0 aliphatic carbocycles. The van der Waals surface area contributed by atoms with Crippen LogP contribution in [0.1, 0.15) is 74.1 Å². The molecule has 8 heteroatoms. The summed E-state index contributed by atoms with van der Waals surface area (Å²) in [6.45, 7) is 14.1. The molecule has 0 aliphatic heterocycles. The van der Waals surface area contributed by atoms with Crippen LogP contribution in [0, 0.1) is 10.8 Å². The van der Waals surface area contributed by atoms with Crippen molar-refractivity contribution in [1.29, 1.82) is 0 Å². The van der Waals surface area contributed by atoms with E-state index in [1.54, 1.807) is 0 Å². The van der Waals surface area contributed by atoms with Crippen molar-refractivity contribution in [2.75, 3.05) is 6.61 Å². The summed E-state index contributed by atoms with van der Waals surface area (Å²) in [6.07, 6.45) is -0.337. The Morgan fingerprint density at radius 2 is 1.00 bits per heavy atom. The molecule has 0 heterocycles. The number of carbonyl (C=O) groups is 4. The van der Waals surface area contributed by atoms with Crippen molar-refractivity contribution in [2.24, 2.45) is 10.8 Å². The Balaban J connectivity index is -0.000000338. The molecule has 0 radical (unpaired) electrons. The van der Waals surface area contributed by atoms with E-state index in [0.29, 0.717) is 12.8 Å². The van der Waals surface area contributed by atoms with E-state index < -0.39 is 24.8 Å². The summed E-state index contributed by atoms with van der Waals surface area (Å²) in [6, 6.07) is 0. The molecule has 0 aliphatic rings. The molecule has 0 saturated carbocycles. The summed E-state index contributed by atoms with van der Waals surface area (Å²) in [5, 5.41) is 19.9. The van der Waals surface area contributed by atoms with Crippen LogP contribution in [-0.4, -0.2) is 46.7 Å². The topological polar surface area (TPSA) is 124 Å². The second-order valence-corrected chi connectivity index (χ2v) is 8.44. The molecule has 7 nitrogen and oxygen atoms in total. The van der Waals surface area contributed by atoms with E-state index in [1.807, 2.05) is 48.5 Å². The van der Waals surface area contributed by atoms with Gasteiger partial charge in [-0.3, -0.25) is 9.59 Å². The van der Waals surface area contributed by atoms with Crippen molar-refractivity contribution in [3.05, 3.63) is 0 Å². The molecule has 0 aromatic rings. The van der Waals surface area contributed by atoms with Gasteiger partial charge in [-0.15, -0.1) is 0 Å². The molecule has 26 heavy (non-hydrogen) atoms. The number of carbonyl (C=O) groups excluding carboxylic acids is 4. The predicted molar refractivity (Wildman–Crippen MR) is 94.8 cm³/mol. The van der Waals surface area contributed by atoms with Gasteiger partial charge in [0.2, 0.25) is 0 Å². The van der Waals surface area contributed by atoms with Crippen LogP contribution in [0.3, 0.4) is 0 Å². The van der Waals surface area contributed by atoms with Crippen molar-refractivity contribution >= 4 is 40.1 Å². The molecule has 0 amide bonds. The van der Waals surface area contributed by atoms with E-state index in [4.69, 9.17) is 0 Å². The molecule has 0 aromatic heterocycles. The monoisotopic (exact) mass is 386 g/mol. The first-order valence-electron chi connectivity index (χ1n) is 8.28. The van der Waals surface area contributed by atoms with Crippen LogP contribution < -0.4 is 10.2 Å². The summed E-state index contributed by atoms with van der Waals surface area (Å²) >= 11 is 2.16. The van der Waals surface area contributed by atoms with Crippen molar-refractivity contribution in [1.82, 2.24) is 0 Å². The predicted octanol–water partition coefficient (Wildman–Crippen LogP) is 0.370. The Hall–Kier alpha value is -1.23. The van der Waals surface area contributed by atoms with Gasteiger partial charge in [0.25, 0.3) is 0 Å². The van der Waals surface area contributed by atoms with Gasteiger partial charge in [0, 0.05) is 37.6 Å². The quantitative estimate of drug-likeness (QED) is 0.457. The normalized spacial score (nSPS) is 10.7. The number of carboxylic acid groups (broad SMARTS) is 2. The van der Waals surface area contributed by atoms with E-state index in [1.165, 1.54) is 0 Å².